The Labute approximate surface area is 173 Å². The van der Waals surface area contributed by atoms with E-state index < -0.39 is 5.54 Å². The van der Waals surface area contributed by atoms with Gasteiger partial charge in [0.1, 0.15) is 11.3 Å². The number of imide groups is 1. The molecule has 3 amide bonds. The first kappa shape index (κ1) is 21.6. The molecule has 2 fully saturated rings. The predicted octanol–water partition coefficient (Wildman–Crippen LogP) is 2.60. The number of nitrogens with zero attached hydrogens (tertiary/aromatic N) is 3. The molecule has 0 N–H and O–H groups in total. The van der Waals surface area contributed by atoms with Gasteiger partial charge in [-0.1, -0.05) is 26.0 Å². The number of urea groups is 1. The Morgan fingerprint density at radius 3 is 2.48 bits per heavy atom. The van der Waals surface area contributed by atoms with Gasteiger partial charge in [-0.05, 0) is 36.5 Å². The maximum atomic E-state index is 13.5. The van der Waals surface area contributed by atoms with Crippen LogP contribution >= 0.6 is 0 Å². The topological polar surface area (TPSA) is 62.3 Å². The highest BCUT2D eigenvalue weighted by molar-refractivity contribution is 6.07. The van der Waals surface area contributed by atoms with Crippen molar-refractivity contribution in [3.63, 3.8) is 0 Å². The van der Waals surface area contributed by atoms with Crippen LogP contribution in [0.3, 0.4) is 0 Å². The largest absolute Gasteiger partial charge is 0.497 e. The van der Waals surface area contributed by atoms with E-state index in [-0.39, 0.29) is 18.5 Å². The van der Waals surface area contributed by atoms with Crippen molar-refractivity contribution in [3.8, 4) is 5.75 Å². The highest BCUT2D eigenvalue weighted by Crippen LogP contribution is 2.38. The van der Waals surface area contributed by atoms with Gasteiger partial charge in [-0.25, -0.2) is 4.79 Å². The van der Waals surface area contributed by atoms with E-state index in [0.717, 1.165) is 30.9 Å². The van der Waals surface area contributed by atoms with Gasteiger partial charge in [0.05, 0.1) is 20.3 Å². The van der Waals surface area contributed by atoms with Crippen molar-refractivity contribution in [2.24, 2.45) is 5.92 Å². The average Bonchev–Trinajstić information content (AvgIpc) is 2.89. The molecule has 2 saturated heterocycles. The third-order valence-corrected chi connectivity index (χ3v) is 5.92. The number of rotatable bonds is 8. The minimum absolute atomic E-state index is 0.0781. The van der Waals surface area contributed by atoms with Gasteiger partial charge < -0.3 is 19.3 Å². The minimum Gasteiger partial charge on any atom is -0.497 e. The SMILES string of the molecule is COCCN1C(=O)N(Cc2cccc(OC)c2)C(=O)C12CCN(CC(C)C)CC2. The van der Waals surface area contributed by atoms with Crippen LogP contribution in [0.1, 0.15) is 32.3 Å². The predicted molar refractivity (Wildman–Crippen MR) is 111 cm³/mol. The summed E-state index contributed by atoms with van der Waals surface area (Å²) in [6, 6.07) is 7.30. The lowest BCUT2D eigenvalue weighted by Crippen LogP contribution is -2.57. The van der Waals surface area contributed by atoms with Crippen LogP contribution in [-0.2, 0) is 16.1 Å². The fourth-order valence-corrected chi connectivity index (χ4v) is 4.47. The van der Waals surface area contributed by atoms with E-state index in [1.807, 2.05) is 24.3 Å². The summed E-state index contributed by atoms with van der Waals surface area (Å²) in [6.45, 7) is 8.19. The standard InChI is InChI=1S/C22H33N3O4/c1-17(2)15-23-10-8-22(9-11-23)20(26)24(21(27)25(22)12-13-28-3)16-18-6-5-7-19(14-18)29-4/h5-7,14,17H,8-13,15-16H2,1-4H3. The summed E-state index contributed by atoms with van der Waals surface area (Å²) in [5, 5.41) is 0. The van der Waals surface area contributed by atoms with Crippen LogP contribution in [0.25, 0.3) is 0 Å². The first-order valence-electron chi connectivity index (χ1n) is 10.4. The second-order valence-electron chi connectivity index (χ2n) is 8.40. The smallest absolute Gasteiger partial charge is 0.328 e. The van der Waals surface area contributed by atoms with Gasteiger partial charge in [-0.15, -0.1) is 0 Å². The van der Waals surface area contributed by atoms with Gasteiger partial charge in [-0.3, -0.25) is 9.69 Å². The molecule has 3 rings (SSSR count). The molecule has 160 valence electrons. The molecule has 7 heteroatoms. The average molecular weight is 404 g/mol. The number of ether oxygens (including phenoxy) is 2. The maximum Gasteiger partial charge on any atom is 0.328 e. The summed E-state index contributed by atoms with van der Waals surface area (Å²) in [4.78, 5) is 32.3. The van der Waals surface area contributed by atoms with Crippen molar-refractivity contribution in [1.82, 2.24) is 14.7 Å². The summed E-state index contributed by atoms with van der Waals surface area (Å²) in [7, 11) is 3.23. The van der Waals surface area contributed by atoms with E-state index in [2.05, 4.69) is 18.7 Å². The van der Waals surface area contributed by atoms with E-state index in [0.29, 0.717) is 31.9 Å². The van der Waals surface area contributed by atoms with Crippen molar-refractivity contribution in [1.29, 1.82) is 0 Å². The van der Waals surface area contributed by atoms with E-state index in [4.69, 9.17) is 9.47 Å². The zero-order valence-corrected chi connectivity index (χ0v) is 18.0. The molecular weight excluding hydrogens is 370 g/mol. The minimum atomic E-state index is -0.748. The molecule has 2 aliphatic heterocycles. The molecule has 0 saturated carbocycles. The third-order valence-electron chi connectivity index (χ3n) is 5.92. The van der Waals surface area contributed by atoms with Gasteiger partial charge in [-0.2, -0.15) is 0 Å². The fourth-order valence-electron chi connectivity index (χ4n) is 4.47. The van der Waals surface area contributed by atoms with Crippen LogP contribution < -0.4 is 4.74 Å². The summed E-state index contributed by atoms with van der Waals surface area (Å²) in [5.74, 6) is 1.22. The molecule has 0 atom stereocenters. The van der Waals surface area contributed by atoms with Gasteiger partial charge >= 0.3 is 6.03 Å². The molecule has 0 bridgehead atoms. The van der Waals surface area contributed by atoms with Crippen molar-refractivity contribution >= 4 is 11.9 Å². The second-order valence-corrected chi connectivity index (χ2v) is 8.40. The van der Waals surface area contributed by atoms with E-state index in [1.165, 1.54) is 4.90 Å². The summed E-state index contributed by atoms with van der Waals surface area (Å²) < 4.78 is 10.5. The Hall–Kier alpha value is -2.12. The molecule has 1 aromatic rings. The van der Waals surface area contributed by atoms with Crippen LogP contribution in [-0.4, -0.2) is 79.2 Å². The normalized spacial score (nSPS) is 19.6. The number of amides is 3. The first-order valence-corrected chi connectivity index (χ1v) is 10.4. The number of benzene rings is 1. The Bertz CT molecular complexity index is 729. The van der Waals surface area contributed by atoms with Gasteiger partial charge in [0, 0.05) is 33.3 Å². The van der Waals surface area contributed by atoms with Crippen LogP contribution in [0.5, 0.6) is 5.75 Å². The zero-order valence-electron chi connectivity index (χ0n) is 18.0. The molecular formula is C22H33N3O4. The zero-order chi connectivity index (χ0) is 21.0. The van der Waals surface area contributed by atoms with E-state index >= 15 is 0 Å². The van der Waals surface area contributed by atoms with Crippen LogP contribution in [0.2, 0.25) is 0 Å². The van der Waals surface area contributed by atoms with E-state index in [9.17, 15) is 9.59 Å². The molecule has 29 heavy (non-hydrogen) atoms. The number of hydrogen-bond donors (Lipinski definition) is 0. The van der Waals surface area contributed by atoms with E-state index in [1.54, 1.807) is 19.1 Å². The molecule has 2 heterocycles. The third kappa shape index (κ3) is 4.41. The van der Waals surface area contributed by atoms with Crippen molar-refractivity contribution < 1.29 is 19.1 Å². The maximum absolute atomic E-state index is 13.5. The molecule has 0 radical (unpaired) electrons. The Morgan fingerprint density at radius 2 is 1.86 bits per heavy atom. The molecule has 1 aromatic carbocycles. The number of likely N-dealkylation sites (tertiary alicyclic amines) is 1. The lowest BCUT2D eigenvalue weighted by Gasteiger charge is -2.42. The van der Waals surface area contributed by atoms with Crippen molar-refractivity contribution in [2.75, 3.05) is 47.0 Å². The molecule has 0 unspecified atom stereocenters. The molecule has 0 aliphatic carbocycles. The monoisotopic (exact) mass is 403 g/mol. The number of piperidine rings is 1. The number of hydrogen-bond acceptors (Lipinski definition) is 5. The summed E-state index contributed by atoms with van der Waals surface area (Å²) in [6.07, 6.45) is 1.34. The second kappa shape index (κ2) is 9.13. The summed E-state index contributed by atoms with van der Waals surface area (Å²) in [5.41, 5.74) is 0.133. The van der Waals surface area contributed by atoms with Crippen LogP contribution in [0, 0.1) is 5.92 Å². The lowest BCUT2D eigenvalue weighted by molar-refractivity contribution is -0.136. The number of carbonyl (C=O) groups excluding carboxylic acids is 2. The Morgan fingerprint density at radius 1 is 1.14 bits per heavy atom. The lowest BCUT2D eigenvalue weighted by atomic mass is 9.85. The fraction of sp³-hybridized carbons (Fsp3) is 0.636. The van der Waals surface area contributed by atoms with Gasteiger partial charge in [0.2, 0.25) is 0 Å². The highest BCUT2D eigenvalue weighted by Gasteiger charge is 2.57. The van der Waals surface area contributed by atoms with Gasteiger partial charge in [0.25, 0.3) is 5.91 Å². The summed E-state index contributed by atoms with van der Waals surface area (Å²) >= 11 is 0. The molecule has 0 aromatic heterocycles. The number of methoxy groups -OCH3 is 2. The molecule has 7 nitrogen and oxygen atoms in total. The molecule has 1 spiro atoms. The van der Waals surface area contributed by atoms with Crippen molar-refractivity contribution in [2.45, 2.75) is 38.8 Å². The first-order chi connectivity index (χ1) is 13.9. The molecule has 2 aliphatic rings. The number of carbonyl (C=O) groups is 2. The highest BCUT2D eigenvalue weighted by atomic mass is 16.5. The van der Waals surface area contributed by atoms with Gasteiger partial charge in [0.15, 0.2) is 0 Å². The van der Waals surface area contributed by atoms with Crippen LogP contribution in [0.4, 0.5) is 4.79 Å². The quantitative estimate of drug-likeness (QED) is 0.625. The Kier molecular flexibility index (Phi) is 6.80. The van der Waals surface area contributed by atoms with Crippen LogP contribution in [0.15, 0.2) is 24.3 Å². The Balaban J connectivity index is 1.81. The van der Waals surface area contributed by atoms with Crippen molar-refractivity contribution in [3.05, 3.63) is 29.8 Å².